The van der Waals surface area contributed by atoms with Crippen LogP contribution in [0.4, 0.5) is 4.39 Å². The topological polar surface area (TPSA) is 20.3 Å². The summed E-state index contributed by atoms with van der Waals surface area (Å²) in [5.74, 6) is 0.722. The highest BCUT2D eigenvalue weighted by Gasteiger charge is 2.36. The molecule has 2 aliphatic rings. The van der Waals surface area contributed by atoms with Gasteiger partial charge in [0.25, 0.3) is 0 Å². The highest BCUT2D eigenvalue weighted by Crippen LogP contribution is 2.32. The van der Waals surface area contributed by atoms with Crippen molar-refractivity contribution in [2.24, 2.45) is 5.92 Å². The Balaban J connectivity index is 1.92. The molecule has 2 rings (SSSR count). The Labute approximate surface area is 97.2 Å². The van der Waals surface area contributed by atoms with Crippen LogP contribution in [0.1, 0.15) is 44.9 Å². The minimum atomic E-state index is -0.234. The minimum Gasteiger partial charge on any atom is -0.300 e. The molecule has 3 heteroatoms. The first-order valence-corrected chi connectivity index (χ1v) is 6.65. The molecule has 1 aliphatic heterocycles. The standard InChI is InChI=1S/C13H22FNO/c14-8-4-10-15-9-3-6-12(15)11-5-1-2-7-13(11)16/h11-12H,1-10H2. The highest BCUT2D eigenvalue weighted by atomic mass is 19.1. The first kappa shape index (κ1) is 12.0. The van der Waals surface area contributed by atoms with Crippen LogP contribution in [0.15, 0.2) is 0 Å². The molecule has 1 heterocycles. The van der Waals surface area contributed by atoms with Gasteiger partial charge in [-0.1, -0.05) is 6.42 Å². The van der Waals surface area contributed by atoms with Crippen molar-refractivity contribution in [3.05, 3.63) is 0 Å². The average Bonchev–Trinajstić information content (AvgIpc) is 2.75. The summed E-state index contributed by atoms with van der Waals surface area (Å²) in [6, 6.07) is 0.430. The molecule has 0 bridgehead atoms. The van der Waals surface area contributed by atoms with Gasteiger partial charge in [-0.3, -0.25) is 14.1 Å². The van der Waals surface area contributed by atoms with Crippen LogP contribution in [-0.2, 0) is 4.79 Å². The Hall–Kier alpha value is -0.440. The average molecular weight is 227 g/mol. The second kappa shape index (κ2) is 5.76. The van der Waals surface area contributed by atoms with Crippen LogP contribution in [0.3, 0.4) is 0 Å². The molecule has 2 fully saturated rings. The largest absolute Gasteiger partial charge is 0.300 e. The van der Waals surface area contributed by atoms with Gasteiger partial charge in [-0.05, 0) is 38.6 Å². The van der Waals surface area contributed by atoms with E-state index in [2.05, 4.69) is 4.90 Å². The van der Waals surface area contributed by atoms with Crippen molar-refractivity contribution >= 4 is 5.78 Å². The van der Waals surface area contributed by atoms with Gasteiger partial charge in [0, 0.05) is 24.9 Å². The van der Waals surface area contributed by atoms with Crippen LogP contribution in [-0.4, -0.2) is 36.5 Å². The van der Waals surface area contributed by atoms with Crippen molar-refractivity contribution in [3.8, 4) is 0 Å². The van der Waals surface area contributed by atoms with Crippen molar-refractivity contribution in [1.82, 2.24) is 4.90 Å². The number of likely N-dealkylation sites (tertiary alicyclic amines) is 1. The van der Waals surface area contributed by atoms with Crippen LogP contribution in [0.5, 0.6) is 0 Å². The summed E-state index contributed by atoms with van der Waals surface area (Å²) < 4.78 is 12.2. The summed E-state index contributed by atoms with van der Waals surface area (Å²) in [5.41, 5.74) is 0. The number of hydrogen-bond acceptors (Lipinski definition) is 2. The van der Waals surface area contributed by atoms with Gasteiger partial charge in [-0.2, -0.15) is 0 Å². The molecule has 16 heavy (non-hydrogen) atoms. The van der Waals surface area contributed by atoms with E-state index in [1.54, 1.807) is 0 Å². The molecular weight excluding hydrogens is 205 g/mol. The molecule has 0 aromatic carbocycles. The van der Waals surface area contributed by atoms with Gasteiger partial charge in [0.15, 0.2) is 0 Å². The molecule has 2 atom stereocenters. The molecule has 92 valence electrons. The predicted molar refractivity (Wildman–Crippen MR) is 62.2 cm³/mol. The van der Waals surface area contributed by atoms with Gasteiger partial charge in [0.2, 0.25) is 0 Å². The normalized spacial score (nSPS) is 32.2. The number of alkyl halides is 1. The summed E-state index contributed by atoms with van der Waals surface area (Å²) in [7, 11) is 0. The number of rotatable bonds is 4. The first-order valence-electron chi connectivity index (χ1n) is 6.65. The summed E-state index contributed by atoms with van der Waals surface area (Å²) in [6.45, 7) is 1.67. The Bertz CT molecular complexity index is 244. The predicted octanol–water partition coefficient (Wildman–Crippen LogP) is 2.57. The van der Waals surface area contributed by atoms with E-state index in [1.807, 2.05) is 0 Å². The Kier molecular flexibility index (Phi) is 4.33. The fraction of sp³-hybridized carbons (Fsp3) is 0.923. The van der Waals surface area contributed by atoms with Crippen molar-refractivity contribution in [2.75, 3.05) is 19.8 Å². The lowest BCUT2D eigenvalue weighted by Crippen LogP contribution is -2.41. The van der Waals surface area contributed by atoms with Crippen LogP contribution >= 0.6 is 0 Å². The third kappa shape index (κ3) is 2.62. The molecule has 2 nitrogen and oxygen atoms in total. The van der Waals surface area contributed by atoms with Crippen molar-refractivity contribution in [2.45, 2.75) is 51.0 Å². The molecule has 1 saturated carbocycles. The fourth-order valence-electron chi connectivity index (χ4n) is 3.26. The van der Waals surface area contributed by atoms with E-state index in [-0.39, 0.29) is 12.6 Å². The maximum Gasteiger partial charge on any atom is 0.137 e. The molecule has 0 N–H and O–H groups in total. The Morgan fingerprint density at radius 2 is 2.12 bits per heavy atom. The van der Waals surface area contributed by atoms with Gasteiger partial charge < -0.3 is 0 Å². The zero-order valence-electron chi connectivity index (χ0n) is 9.96. The molecule has 0 aromatic rings. The molecule has 1 aliphatic carbocycles. The fourth-order valence-corrected chi connectivity index (χ4v) is 3.26. The van der Waals surface area contributed by atoms with Crippen molar-refractivity contribution < 1.29 is 9.18 Å². The lowest BCUT2D eigenvalue weighted by molar-refractivity contribution is -0.126. The number of halogens is 1. The van der Waals surface area contributed by atoms with E-state index in [0.29, 0.717) is 18.2 Å². The first-order chi connectivity index (χ1) is 7.83. The Morgan fingerprint density at radius 1 is 1.25 bits per heavy atom. The lowest BCUT2D eigenvalue weighted by atomic mass is 9.82. The van der Waals surface area contributed by atoms with E-state index < -0.39 is 0 Å². The Morgan fingerprint density at radius 3 is 2.88 bits per heavy atom. The molecule has 0 radical (unpaired) electrons. The molecule has 0 aromatic heterocycles. The number of carbonyl (C=O) groups excluding carboxylic acids is 1. The van der Waals surface area contributed by atoms with Crippen molar-refractivity contribution in [1.29, 1.82) is 0 Å². The monoisotopic (exact) mass is 227 g/mol. The van der Waals surface area contributed by atoms with E-state index in [0.717, 1.165) is 38.8 Å². The quantitative estimate of drug-likeness (QED) is 0.735. The van der Waals surface area contributed by atoms with E-state index in [1.165, 1.54) is 12.8 Å². The maximum atomic E-state index is 12.2. The summed E-state index contributed by atoms with van der Waals surface area (Å²) in [4.78, 5) is 14.3. The van der Waals surface area contributed by atoms with Crippen LogP contribution in [0.25, 0.3) is 0 Å². The third-order valence-electron chi connectivity index (χ3n) is 4.06. The van der Waals surface area contributed by atoms with E-state index >= 15 is 0 Å². The zero-order chi connectivity index (χ0) is 11.4. The van der Waals surface area contributed by atoms with Crippen LogP contribution < -0.4 is 0 Å². The second-order valence-electron chi connectivity index (χ2n) is 5.11. The summed E-state index contributed by atoms with van der Waals surface area (Å²) >= 11 is 0. The number of nitrogens with zero attached hydrogens (tertiary/aromatic N) is 1. The highest BCUT2D eigenvalue weighted by molar-refractivity contribution is 5.82. The molecule has 0 amide bonds. The van der Waals surface area contributed by atoms with Gasteiger partial charge in [-0.25, -0.2) is 0 Å². The number of hydrogen-bond donors (Lipinski definition) is 0. The number of carbonyl (C=O) groups is 1. The molecule has 2 unspecified atom stereocenters. The second-order valence-corrected chi connectivity index (χ2v) is 5.11. The lowest BCUT2D eigenvalue weighted by Gasteiger charge is -2.32. The zero-order valence-corrected chi connectivity index (χ0v) is 9.96. The van der Waals surface area contributed by atoms with Gasteiger partial charge >= 0.3 is 0 Å². The van der Waals surface area contributed by atoms with Crippen molar-refractivity contribution in [3.63, 3.8) is 0 Å². The molecule has 0 spiro atoms. The summed E-state index contributed by atoms with van der Waals surface area (Å²) in [5, 5.41) is 0. The van der Waals surface area contributed by atoms with E-state index in [4.69, 9.17) is 0 Å². The number of ketones is 1. The molecular formula is C13H22FNO. The van der Waals surface area contributed by atoms with E-state index in [9.17, 15) is 9.18 Å². The third-order valence-corrected chi connectivity index (χ3v) is 4.06. The minimum absolute atomic E-state index is 0.234. The smallest absolute Gasteiger partial charge is 0.137 e. The van der Waals surface area contributed by atoms with Gasteiger partial charge in [0.05, 0.1) is 6.67 Å². The maximum absolute atomic E-state index is 12.2. The van der Waals surface area contributed by atoms with Gasteiger partial charge in [0.1, 0.15) is 5.78 Å². The number of Topliss-reactive ketones (excluding diaryl/α,β-unsaturated/α-hetero) is 1. The van der Waals surface area contributed by atoms with Gasteiger partial charge in [-0.15, -0.1) is 0 Å². The van der Waals surface area contributed by atoms with Crippen LogP contribution in [0, 0.1) is 5.92 Å². The van der Waals surface area contributed by atoms with Crippen LogP contribution in [0.2, 0.25) is 0 Å². The SMILES string of the molecule is O=C1CCCCC1C1CCCN1CCCF. The summed E-state index contributed by atoms with van der Waals surface area (Å²) in [6.07, 6.45) is 7.06. The molecule has 1 saturated heterocycles.